The van der Waals surface area contributed by atoms with Gasteiger partial charge in [-0.25, -0.2) is 4.98 Å². The number of fused-ring (bicyclic) bond motifs is 1. The minimum absolute atomic E-state index is 0.0157. The van der Waals surface area contributed by atoms with Gasteiger partial charge in [0.25, 0.3) is 5.91 Å². The number of carbonyl (C=O) groups excluding carboxylic acids is 2. The van der Waals surface area contributed by atoms with Gasteiger partial charge in [-0.05, 0) is 52.4 Å². The van der Waals surface area contributed by atoms with E-state index in [0.717, 1.165) is 22.5 Å². The van der Waals surface area contributed by atoms with E-state index in [4.69, 9.17) is 0 Å². The van der Waals surface area contributed by atoms with Crippen molar-refractivity contribution in [3.8, 4) is 0 Å². The van der Waals surface area contributed by atoms with Gasteiger partial charge in [0.1, 0.15) is 5.82 Å². The second kappa shape index (κ2) is 9.51. The normalized spacial score (nSPS) is 13.0. The summed E-state index contributed by atoms with van der Waals surface area (Å²) in [5.41, 5.74) is 6.03. The first-order valence-electron chi connectivity index (χ1n) is 11.3. The fourth-order valence-electron chi connectivity index (χ4n) is 4.11. The molecule has 0 bridgehead atoms. The van der Waals surface area contributed by atoms with Gasteiger partial charge in [-0.3, -0.25) is 14.6 Å². The van der Waals surface area contributed by atoms with Crippen molar-refractivity contribution in [2.75, 3.05) is 23.0 Å². The molecule has 3 heterocycles. The zero-order valence-corrected chi connectivity index (χ0v) is 20.0. The lowest BCUT2D eigenvalue weighted by Crippen LogP contribution is -2.32. The van der Waals surface area contributed by atoms with E-state index in [1.165, 1.54) is 5.56 Å². The standard InChI is InChI=1S/C26H30N6O2/c1-26(2,3)20-8-7-17(12-21(20)27-4)32-25(34)18-6-5-10-29-24(18)31-14-16-9-11-28-22-15-30-23(33)13-19(16)22/h5-12,27H,13-15H2,1-4H3,(H,29,31)(H,30,33)(H,32,34). The molecule has 2 amide bonds. The maximum Gasteiger partial charge on any atom is 0.259 e. The Morgan fingerprint density at radius 2 is 1.94 bits per heavy atom. The van der Waals surface area contributed by atoms with E-state index in [-0.39, 0.29) is 17.2 Å². The molecule has 0 unspecified atom stereocenters. The maximum atomic E-state index is 13.1. The van der Waals surface area contributed by atoms with Crippen molar-refractivity contribution in [2.45, 2.75) is 45.7 Å². The summed E-state index contributed by atoms with van der Waals surface area (Å²) in [4.78, 5) is 33.7. The van der Waals surface area contributed by atoms with E-state index in [2.05, 4.69) is 52.0 Å². The van der Waals surface area contributed by atoms with Gasteiger partial charge in [0.05, 0.1) is 24.2 Å². The van der Waals surface area contributed by atoms with E-state index in [9.17, 15) is 9.59 Å². The molecule has 0 fully saturated rings. The zero-order chi connectivity index (χ0) is 24.3. The summed E-state index contributed by atoms with van der Waals surface area (Å²) in [6.45, 7) is 7.32. The fraction of sp³-hybridized carbons (Fsp3) is 0.308. The molecule has 4 N–H and O–H groups in total. The highest BCUT2D eigenvalue weighted by Crippen LogP contribution is 2.32. The zero-order valence-electron chi connectivity index (χ0n) is 20.0. The molecule has 1 aliphatic heterocycles. The Bertz CT molecular complexity index is 1230. The van der Waals surface area contributed by atoms with Gasteiger partial charge in [0.15, 0.2) is 0 Å². The van der Waals surface area contributed by atoms with Gasteiger partial charge in [0, 0.05) is 37.4 Å². The molecule has 176 valence electrons. The number of anilines is 3. The molecule has 0 radical (unpaired) electrons. The molecule has 8 heteroatoms. The van der Waals surface area contributed by atoms with Crippen LogP contribution in [-0.2, 0) is 29.7 Å². The van der Waals surface area contributed by atoms with Crippen molar-refractivity contribution in [3.63, 3.8) is 0 Å². The number of carbonyl (C=O) groups is 2. The first-order chi connectivity index (χ1) is 16.3. The number of nitrogens with one attached hydrogen (secondary N) is 4. The highest BCUT2D eigenvalue weighted by molar-refractivity contribution is 6.07. The van der Waals surface area contributed by atoms with E-state index in [0.29, 0.717) is 36.6 Å². The largest absolute Gasteiger partial charge is 0.388 e. The van der Waals surface area contributed by atoms with Crippen LogP contribution in [0, 0.1) is 0 Å². The van der Waals surface area contributed by atoms with E-state index in [1.54, 1.807) is 24.5 Å². The highest BCUT2D eigenvalue weighted by atomic mass is 16.2. The van der Waals surface area contributed by atoms with Crippen LogP contribution in [-0.4, -0.2) is 28.8 Å². The van der Waals surface area contributed by atoms with Crippen LogP contribution < -0.4 is 21.3 Å². The lowest BCUT2D eigenvalue weighted by Gasteiger charge is -2.23. The molecule has 0 spiro atoms. The highest BCUT2D eigenvalue weighted by Gasteiger charge is 2.21. The smallest absolute Gasteiger partial charge is 0.259 e. The number of benzene rings is 1. The summed E-state index contributed by atoms with van der Waals surface area (Å²) < 4.78 is 0. The van der Waals surface area contributed by atoms with E-state index < -0.39 is 0 Å². The average molecular weight is 459 g/mol. The van der Waals surface area contributed by atoms with Crippen molar-refractivity contribution in [3.05, 3.63) is 76.7 Å². The third-order valence-electron chi connectivity index (χ3n) is 5.89. The van der Waals surface area contributed by atoms with Crippen LogP contribution in [0.3, 0.4) is 0 Å². The molecule has 4 rings (SSSR count). The summed E-state index contributed by atoms with van der Waals surface area (Å²) in [6.07, 6.45) is 3.68. The number of nitrogens with zero attached hydrogens (tertiary/aromatic N) is 2. The Hall–Kier alpha value is -3.94. The Balaban J connectivity index is 1.52. The van der Waals surface area contributed by atoms with Crippen LogP contribution in [0.2, 0.25) is 0 Å². The number of rotatable bonds is 6. The Labute approximate surface area is 199 Å². The van der Waals surface area contributed by atoms with Gasteiger partial charge in [-0.15, -0.1) is 0 Å². The molecule has 0 atom stereocenters. The molecule has 0 aliphatic carbocycles. The first kappa shape index (κ1) is 23.2. The Kier molecular flexibility index (Phi) is 6.49. The van der Waals surface area contributed by atoms with Crippen molar-refractivity contribution in [2.24, 2.45) is 0 Å². The van der Waals surface area contributed by atoms with Crippen LogP contribution >= 0.6 is 0 Å². The molecular weight excluding hydrogens is 428 g/mol. The molecule has 0 saturated carbocycles. The Morgan fingerprint density at radius 1 is 1.12 bits per heavy atom. The number of pyridine rings is 2. The predicted molar refractivity (Wildman–Crippen MR) is 134 cm³/mol. The lowest BCUT2D eigenvalue weighted by atomic mass is 9.85. The van der Waals surface area contributed by atoms with Crippen LogP contribution in [0.1, 0.15) is 53.5 Å². The van der Waals surface area contributed by atoms with Gasteiger partial charge in [-0.1, -0.05) is 26.8 Å². The third-order valence-corrected chi connectivity index (χ3v) is 5.89. The molecule has 8 nitrogen and oxygen atoms in total. The number of amides is 2. The third kappa shape index (κ3) is 5.01. The minimum Gasteiger partial charge on any atom is -0.388 e. The predicted octanol–water partition coefficient (Wildman–Crippen LogP) is 3.85. The van der Waals surface area contributed by atoms with Crippen molar-refractivity contribution in [1.29, 1.82) is 0 Å². The lowest BCUT2D eigenvalue weighted by molar-refractivity contribution is -0.121. The molecule has 1 aromatic carbocycles. The number of hydrogen-bond acceptors (Lipinski definition) is 6. The van der Waals surface area contributed by atoms with Crippen molar-refractivity contribution < 1.29 is 9.59 Å². The van der Waals surface area contributed by atoms with Crippen molar-refractivity contribution in [1.82, 2.24) is 15.3 Å². The summed E-state index contributed by atoms with van der Waals surface area (Å²) in [6, 6.07) is 11.3. The average Bonchev–Trinajstić information content (AvgIpc) is 2.82. The molecule has 2 aromatic heterocycles. The summed E-state index contributed by atoms with van der Waals surface area (Å²) in [5.74, 6) is 0.210. The van der Waals surface area contributed by atoms with Crippen molar-refractivity contribution >= 4 is 29.0 Å². The van der Waals surface area contributed by atoms with Gasteiger partial charge < -0.3 is 21.3 Å². The molecule has 34 heavy (non-hydrogen) atoms. The SMILES string of the molecule is CNc1cc(NC(=O)c2cccnc2NCc2ccnc3c2CC(=O)NC3)ccc1C(C)(C)C. The first-order valence-corrected chi connectivity index (χ1v) is 11.3. The second-order valence-corrected chi connectivity index (χ2v) is 9.32. The summed E-state index contributed by atoms with van der Waals surface area (Å²) >= 11 is 0. The molecule has 3 aromatic rings. The number of aromatic nitrogens is 2. The molecule has 0 saturated heterocycles. The minimum atomic E-state index is -0.253. The molecular formula is C26H30N6O2. The topological polar surface area (TPSA) is 108 Å². The van der Waals surface area contributed by atoms with Crippen LogP contribution in [0.5, 0.6) is 0 Å². The number of hydrogen-bond donors (Lipinski definition) is 4. The van der Waals surface area contributed by atoms with E-state index >= 15 is 0 Å². The summed E-state index contributed by atoms with van der Waals surface area (Å²) in [5, 5.41) is 12.3. The quantitative estimate of drug-likeness (QED) is 0.447. The summed E-state index contributed by atoms with van der Waals surface area (Å²) in [7, 11) is 1.88. The Morgan fingerprint density at radius 3 is 2.71 bits per heavy atom. The van der Waals surface area contributed by atoms with Gasteiger partial charge in [0.2, 0.25) is 5.91 Å². The maximum absolute atomic E-state index is 13.1. The molecule has 1 aliphatic rings. The van der Waals surface area contributed by atoms with Crippen LogP contribution in [0.15, 0.2) is 48.8 Å². The van der Waals surface area contributed by atoms with E-state index in [1.807, 2.05) is 31.3 Å². The van der Waals surface area contributed by atoms with Gasteiger partial charge in [-0.2, -0.15) is 0 Å². The fourth-order valence-corrected chi connectivity index (χ4v) is 4.11. The van der Waals surface area contributed by atoms with Gasteiger partial charge >= 0.3 is 0 Å². The van der Waals surface area contributed by atoms with Crippen LogP contribution in [0.4, 0.5) is 17.2 Å². The monoisotopic (exact) mass is 458 g/mol. The van der Waals surface area contributed by atoms with Crippen LogP contribution in [0.25, 0.3) is 0 Å². The second-order valence-electron chi connectivity index (χ2n) is 9.32.